The first-order chi connectivity index (χ1) is 8.99. The molecule has 0 amide bonds. The predicted octanol–water partition coefficient (Wildman–Crippen LogP) is 3.07. The second kappa shape index (κ2) is 7.28. The number of hydrogen-bond donors (Lipinski definition) is 2. The van der Waals surface area contributed by atoms with Crippen molar-refractivity contribution in [1.29, 1.82) is 0 Å². The van der Waals surface area contributed by atoms with Gasteiger partial charge in [0.1, 0.15) is 5.75 Å². The summed E-state index contributed by atoms with van der Waals surface area (Å²) < 4.78 is 5.21. The Labute approximate surface area is 119 Å². The summed E-state index contributed by atoms with van der Waals surface area (Å²) in [6, 6.07) is 5.77. The number of nitrogens with two attached hydrogens (primary N) is 1. The van der Waals surface area contributed by atoms with Gasteiger partial charge in [0, 0.05) is 11.0 Å². The summed E-state index contributed by atoms with van der Waals surface area (Å²) in [4.78, 5) is 0. The molecule has 1 aromatic rings. The summed E-state index contributed by atoms with van der Waals surface area (Å²) in [5.74, 6) is 2.23. The molecule has 0 radical (unpaired) electrons. The Hall–Kier alpha value is -1.36. The van der Waals surface area contributed by atoms with Gasteiger partial charge in [-0.25, -0.2) is 0 Å². The lowest BCUT2D eigenvalue weighted by molar-refractivity contribution is 0.318. The van der Waals surface area contributed by atoms with E-state index >= 15 is 0 Å². The highest BCUT2D eigenvalue weighted by atomic mass is 32.2. The van der Waals surface area contributed by atoms with Gasteiger partial charge in [-0.1, -0.05) is 32.0 Å². The third kappa shape index (κ3) is 4.35. The molecule has 106 valence electrons. The minimum Gasteiger partial charge on any atom is -0.496 e. The van der Waals surface area contributed by atoms with Crippen molar-refractivity contribution in [3.05, 3.63) is 29.3 Å². The van der Waals surface area contributed by atoms with Crippen LogP contribution >= 0.6 is 11.8 Å². The second-order valence-corrected chi connectivity index (χ2v) is 6.15. The molecule has 0 aromatic heterocycles. The van der Waals surface area contributed by atoms with Gasteiger partial charge in [-0.2, -0.15) is 11.8 Å². The summed E-state index contributed by atoms with van der Waals surface area (Å²) in [7, 11) is 1.57. The maximum absolute atomic E-state index is 8.79. The van der Waals surface area contributed by atoms with E-state index in [0.717, 1.165) is 11.3 Å². The molecule has 1 atom stereocenters. The standard InChI is InChI=1S/C14H22N2O2S/c1-9(2)10(3)19-8-11-5-6-13(18-4)12(7-11)14(15)16-17/h5-7,9-10,17H,8H2,1-4H3,(H2,15,16). The van der Waals surface area contributed by atoms with Crippen LogP contribution in [0.25, 0.3) is 0 Å². The van der Waals surface area contributed by atoms with E-state index in [-0.39, 0.29) is 5.84 Å². The number of benzene rings is 1. The fourth-order valence-electron chi connectivity index (χ4n) is 1.52. The van der Waals surface area contributed by atoms with Crippen molar-refractivity contribution in [2.24, 2.45) is 16.8 Å². The molecule has 4 nitrogen and oxygen atoms in total. The zero-order valence-corrected chi connectivity index (χ0v) is 12.7. The summed E-state index contributed by atoms with van der Waals surface area (Å²) in [5, 5.41) is 12.4. The fraction of sp³-hybridized carbons (Fsp3) is 0.500. The molecule has 0 spiro atoms. The van der Waals surface area contributed by atoms with Crippen LogP contribution < -0.4 is 10.5 Å². The number of nitrogens with zero attached hydrogens (tertiary/aromatic N) is 1. The molecule has 19 heavy (non-hydrogen) atoms. The number of thioether (sulfide) groups is 1. The van der Waals surface area contributed by atoms with E-state index < -0.39 is 0 Å². The molecule has 0 bridgehead atoms. The SMILES string of the molecule is COc1ccc(CSC(C)C(C)C)cc1/C(N)=N/O. The van der Waals surface area contributed by atoms with E-state index in [1.165, 1.54) is 0 Å². The Morgan fingerprint density at radius 2 is 2.11 bits per heavy atom. The summed E-state index contributed by atoms with van der Waals surface area (Å²) in [5.41, 5.74) is 7.42. The van der Waals surface area contributed by atoms with Crippen LogP contribution in [-0.2, 0) is 5.75 Å². The van der Waals surface area contributed by atoms with Crippen molar-refractivity contribution in [2.45, 2.75) is 31.8 Å². The van der Waals surface area contributed by atoms with Crippen molar-refractivity contribution in [2.75, 3.05) is 7.11 Å². The number of rotatable bonds is 6. The van der Waals surface area contributed by atoms with Gasteiger partial charge in [0.15, 0.2) is 5.84 Å². The summed E-state index contributed by atoms with van der Waals surface area (Å²) in [6.07, 6.45) is 0. The minimum atomic E-state index is 0.0700. The molecule has 0 aliphatic rings. The van der Waals surface area contributed by atoms with Crippen LogP contribution in [0.4, 0.5) is 0 Å². The number of methoxy groups -OCH3 is 1. The second-order valence-electron chi connectivity index (χ2n) is 4.78. The van der Waals surface area contributed by atoms with Gasteiger partial charge in [-0.15, -0.1) is 0 Å². The summed E-state index contributed by atoms with van der Waals surface area (Å²) in [6.45, 7) is 6.66. The van der Waals surface area contributed by atoms with Crippen molar-refractivity contribution in [1.82, 2.24) is 0 Å². The van der Waals surface area contributed by atoms with E-state index in [1.54, 1.807) is 7.11 Å². The molecule has 1 unspecified atom stereocenters. The van der Waals surface area contributed by atoms with Gasteiger partial charge in [0.25, 0.3) is 0 Å². The van der Waals surface area contributed by atoms with Gasteiger partial charge in [-0.3, -0.25) is 0 Å². The Bertz CT molecular complexity index is 447. The van der Waals surface area contributed by atoms with E-state index in [2.05, 4.69) is 25.9 Å². The summed E-state index contributed by atoms with van der Waals surface area (Å²) >= 11 is 1.90. The van der Waals surface area contributed by atoms with E-state index in [0.29, 0.717) is 22.5 Å². The first kappa shape index (κ1) is 15.7. The van der Waals surface area contributed by atoms with E-state index in [4.69, 9.17) is 15.7 Å². The Morgan fingerprint density at radius 1 is 1.42 bits per heavy atom. The molecule has 0 heterocycles. The highest BCUT2D eigenvalue weighted by Crippen LogP contribution is 2.26. The lowest BCUT2D eigenvalue weighted by Gasteiger charge is -2.15. The van der Waals surface area contributed by atoms with Crippen LogP contribution in [0.1, 0.15) is 31.9 Å². The molecule has 1 rings (SSSR count). The predicted molar refractivity (Wildman–Crippen MR) is 81.1 cm³/mol. The molecular weight excluding hydrogens is 260 g/mol. The highest BCUT2D eigenvalue weighted by Gasteiger charge is 2.11. The monoisotopic (exact) mass is 282 g/mol. The van der Waals surface area contributed by atoms with E-state index in [1.807, 2.05) is 30.0 Å². The Morgan fingerprint density at radius 3 is 2.63 bits per heavy atom. The van der Waals surface area contributed by atoms with Gasteiger partial charge >= 0.3 is 0 Å². The van der Waals surface area contributed by atoms with Crippen molar-refractivity contribution in [3.63, 3.8) is 0 Å². The number of hydrogen-bond acceptors (Lipinski definition) is 4. The van der Waals surface area contributed by atoms with Crippen molar-refractivity contribution < 1.29 is 9.94 Å². The van der Waals surface area contributed by atoms with Crippen LogP contribution in [0.2, 0.25) is 0 Å². The van der Waals surface area contributed by atoms with Crippen LogP contribution in [-0.4, -0.2) is 23.4 Å². The third-order valence-corrected chi connectivity index (χ3v) is 4.67. The quantitative estimate of drug-likeness (QED) is 0.364. The normalized spacial score (nSPS) is 13.6. The zero-order chi connectivity index (χ0) is 14.4. The average Bonchev–Trinajstić information content (AvgIpc) is 2.43. The zero-order valence-electron chi connectivity index (χ0n) is 11.9. The van der Waals surface area contributed by atoms with Gasteiger partial charge in [0.05, 0.1) is 12.7 Å². The first-order valence-corrected chi connectivity index (χ1v) is 7.30. The lowest BCUT2D eigenvalue weighted by Crippen LogP contribution is -2.15. The number of ether oxygens (including phenoxy) is 1. The van der Waals surface area contributed by atoms with Gasteiger partial charge in [-0.05, 0) is 23.6 Å². The van der Waals surface area contributed by atoms with Gasteiger partial charge in [0.2, 0.25) is 0 Å². The molecule has 0 saturated carbocycles. The molecule has 1 aromatic carbocycles. The molecule has 0 saturated heterocycles. The van der Waals surface area contributed by atoms with Crippen LogP contribution in [0.15, 0.2) is 23.4 Å². The smallest absolute Gasteiger partial charge is 0.173 e. The van der Waals surface area contributed by atoms with Gasteiger partial charge < -0.3 is 15.7 Å². The van der Waals surface area contributed by atoms with Crippen LogP contribution in [0.5, 0.6) is 5.75 Å². The third-order valence-electron chi connectivity index (χ3n) is 3.10. The minimum absolute atomic E-state index is 0.0700. The molecule has 0 aliphatic heterocycles. The fourth-order valence-corrected chi connectivity index (χ4v) is 2.54. The highest BCUT2D eigenvalue weighted by molar-refractivity contribution is 7.99. The molecule has 0 aliphatic carbocycles. The molecule has 5 heteroatoms. The van der Waals surface area contributed by atoms with Crippen molar-refractivity contribution >= 4 is 17.6 Å². The Kier molecular flexibility index (Phi) is 6.02. The lowest BCUT2D eigenvalue weighted by atomic mass is 10.1. The first-order valence-electron chi connectivity index (χ1n) is 6.26. The molecule has 0 fully saturated rings. The number of amidine groups is 1. The maximum atomic E-state index is 8.79. The van der Waals surface area contributed by atoms with E-state index in [9.17, 15) is 0 Å². The maximum Gasteiger partial charge on any atom is 0.173 e. The Balaban J connectivity index is 2.87. The largest absolute Gasteiger partial charge is 0.496 e. The van der Waals surface area contributed by atoms with Crippen LogP contribution in [0.3, 0.4) is 0 Å². The van der Waals surface area contributed by atoms with Crippen LogP contribution in [0, 0.1) is 5.92 Å². The molecular formula is C14H22N2O2S. The topological polar surface area (TPSA) is 67.8 Å². The number of oxime groups is 1. The average molecular weight is 282 g/mol. The molecule has 3 N–H and O–H groups in total. The van der Waals surface area contributed by atoms with Crippen molar-refractivity contribution in [3.8, 4) is 5.75 Å².